The van der Waals surface area contributed by atoms with Crippen LogP contribution in [-0.2, 0) is 10.0 Å². The number of imidazole rings is 1. The predicted octanol–water partition coefficient (Wildman–Crippen LogP) is 4.83. The van der Waals surface area contributed by atoms with Gasteiger partial charge >= 0.3 is 0 Å². The molecule has 2 aromatic carbocycles. The number of aromatic nitrogens is 2. The Bertz CT molecular complexity index is 1180. The van der Waals surface area contributed by atoms with Crippen molar-refractivity contribution in [1.29, 1.82) is 0 Å². The predicted molar refractivity (Wildman–Crippen MR) is 106 cm³/mol. The van der Waals surface area contributed by atoms with Crippen LogP contribution in [0.3, 0.4) is 0 Å². The van der Waals surface area contributed by atoms with Crippen LogP contribution < -0.4 is 4.72 Å². The van der Waals surface area contributed by atoms with Gasteiger partial charge in [-0.15, -0.1) is 11.3 Å². The van der Waals surface area contributed by atoms with Crippen LogP contribution in [0.2, 0.25) is 5.02 Å². The minimum Gasteiger partial charge on any atom is -0.297 e. The molecule has 0 saturated heterocycles. The molecule has 0 fully saturated rings. The summed E-state index contributed by atoms with van der Waals surface area (Å²) in [6.07, 6.45) is 3.85. The topological polar surface area (TPSA) is 63.5 Å². The number of sulfonamides is 1. The molecule has 0 saturated carbocycles. The van der Waals surface area contributed by atoms with E-state index in [1.165, 1.54) is 6.07 Å². The quantitative estimate of drug-likeness (QED) is 0.531. The lowest BCUT2D eigenvalue weighted by Crippen LogP contribution is -2.14. The molecule has 0 aliphatic heterocycles. The summed E-state index contributed by atoms with van der Waals surface area (Å²) < 4.78 is 30.0. The highest BCUT2D eigenvalue weighted by atomic mass is 35.5. The van der Waals surface area contributed by atoms with E-state index in [0.29, 0.717) is 16.3 Å². The number of rotatable bonds is 4. The number of halogens is 1. The zero-order chi connectivity index (χ0) is 18.3. The summed E-state index contributed by atoms with van der Waals surface area (Å²) in [5.74, 6) is 0. The van der Waals surface area contributed by atoms with Gasteiger partial charge in [0.1, 0.15) is 0 Å². The van der Waals surface area contributed by atoms with Crippen LogP contribution in [-0.4, -0.2) is 17.8 Å². The molecule has 1 N–H and O–H groups in total. The number of benzene rings is 2. The SMILES string of the molecule is Cc1c(Cl)cccc1S(=O)(=O)Nc1cccc(-c2cn3ccsc3n2)c1. The maximum atomic E-state index is 12.7. The highest BCUT2D eigenvalue weighted by molar-refractivity contribution is 7.92. The van der Waals surface area contributed by atoms with E-state index >= 15 is 0 Å². The Morgan fingerprint density at radius 1 is 1.19 bits per heavy atom. The fraction of sp³-hybridized carbons (Fsp3) is 0.0556. The third-order valence-electron chi connectivity index (χ3n) is 4.01. The molecular weight excluding hydrogens is 390 g/mol. The minimum atomic E-state index is -3.74. The minimum absolute atomic E-state index is 0.165. The normalized spacial score (nSPS) is 11.8. The average Bonchev–Trinajstić information content (AvgIpc) is 3.19. The summed E-state index contributed by atoms with van der Waals surface area (Å²) in [5.41, 5.74) is 2.62. The number of hydrogen-bond donors (Lipinski definition) is 1. The zero-order valence-electron chi connectivity index (χ0n) is 13.7. The monoisotopic (exact) mass is 403 g/mol. The largest absolute Gasteiger partial charge is 0.297 e. The highest BCUT2D eigenvalue weighted by Gasteiger charge is 2.18. The van der Waals surface area contributed by atoms with Gasteiger partial charge in [-0.3, -0.25) is 9.12 Å². The molecule has 0 radical (unpaired) electrons. The number of nitrogens with zero attached hydrogens (tertiary/aromatic N) is 2. The first-order chi connectivity index (χ1) is 12.4. The Morgan fingerprint density at radius 2 is 2.00 bits per heavy atom. The molecule has 0 bridgehead atoms. The second kappa shape index (κ2) is 6.42. The van der Waals surface area contributed by atoms with E-state index in [9.17, 15) is 8.42 Å². The van der Waals surface area contributed by atoms with Crippen molar-refractivity contribution < 1.29 is 8.42 Å². The molecular formula is C18H14ClN3O2S2. The number of nitrogens with one attached hydrogen (secondary N) is 1. The van der Waals surface area contributed by atoms with Crippen LogP contribution in [0, 0.1) is 6.92 Å². The van der Waals surface area contributed by atoms with Crippen molar-refractivity contribution in [3.8, 4) is 11.3 Å². The van der Waals surface area contributed by atoms with Crippen LogP contribution in [0.25, 0.3) is 16.2 Å². The summed E-state index contributed by atoms with van der Waals surface area (Å²) in [6.45, 7) is 1.69. The average molecular weight is 404 g/mol. The Hall–Kier alpha value is -2.35. The Labute approximate surface area is 160 Å². The second-order valence-electron chi connectivity index (χ2n) is 5.77. The molecule has 26 heavy (non-hydrogen) atoms. The maximum absolute atomic E-state index is 12.7. The zero-order valence-corrected chi connectivity index (χ0v) is 16.1. The van der Waals surface area contributed by atoms with Crippen LogP contribution in [0.5, 0.6) is 0 Å². The summed E-state index contributed by atoms with van der Waals surface area (Å²) in [5, 5.41) is 2.38. The van der Waals surface area contributed by atoms with Gasteiger partial charge in [0.15, 0.2) is 4.96 Å². The van der Waals surface area contributed by atoms with Crippen molar-refractivity contribution in [2.75, 3.05) is 4.72 Å². The van der Waals surface area contributed by atoms with Gasteiger partial charge in [-0.1, -0.05) is 29.8 Å². The number of hydrogen-bond acceptors (Lipinski definition) is 4. The lowest BCUT2D eigenvalue weighted by molar-refractivity contribution is 0.600. The highest BCUT2D eigenvalue weighted by Crippen LogP contribution is 2.27. The Morgan fingerprint density at radius 3 is 2.81 bits per heavy atom. The number of anilines is 1. The van der Waals surface area contributed by atoms with Gasteiger partial charge < -0.3 is 0 Å². The molecule has 0 unspecified atom stereocenters. The fourth-order valence-corrected chi connectivity index (χ4v) is 4.95. The molecule has 0 aliphatic rings. The molecule has 4 aromatic rings. The van der Waals surface area contributed by atoms with E-state index in [2.05, 4.69) is 9.71 Å². The third-order valence-corrected chi connectivity index (χ3v) is 6.72. The summed E-state index contributed by atoms with van der Waals surface area (Å²) in [7, 11) is -3.74. The number of thiazole rings is 1. The van der Waals surface area contributed by atoms with Gasteiger partial charge in [0.25, 0.3) is 10.0 Å². The van der Waals surface area contributed by atoms with Gasteiger partial charge in [0.2, 0.25) is 0 Å². The molecule has 0 atom stereocenters. The molecule has 5 nitrogen and oxygen atoms in total. The van der Waals surface area contributed by atoms with E-state index in [0.717, 1.165) is 16.2 Å². The molecule has 2 aromatic heterocycles. The van der Waals surface area contributed by atoms with Crippen molar-refractivity contribution in [3.63, 3.8) is 0 Å². The van der Waals surface area contributed by atoms with Crippen molar-refractivity contribution in [2.45, 2.75) is 11.8 Å². The molecule has 0 aliphatic carbocycles. The molecule has 8 heteroatoms. The Balaban J connectivity index is 1.68. The standard InChI is InChI=1S/C18H14ClN3O2S2/c1-12-15(19)6-3-7-17(12)26(23,24)21-14-5-2-4-13(10-14)16-11-22-8-9-25-18(22)20-16/h2-11,21H,1H3. The molecule has 0 amide bonds. The smallest absolute Gasteiger partial charge is 0.262 e. The third kappa shape index (κ3) is 3.09. The van der Waals surface area contributed by atoms with Crippen LogP contribution in [0.15, 0.2) is 65.1 Å². The van der Waals surface area contributed by atoms with Crippen molar-refractivity contribution in [1.82, 2.24) is 9.38 Å². The number of fused-ring (bicyclic) bond motifs is 1. The van der Waals surface area contributed by atoms with E-state index in [-0.39, 0.29) is 4.90 Å². The molecule has 132 valence electrons. The lowest BCUT2D eigenvalue weighted by atomic mass is 10.1. The second-order valence-corrected chi connectivity index (χ2v) is 8.70. The first-order valence-electron chi connectivity index (χ1n) is 7.75. The molecule has 4 rings (SSSR count). The fourth-order valence-electron chi connectivity index (χ4n) is 2.70. The maximum Gasteiger partial charge on any atom is 0.262 e. The van der Waals surface area contributed by atoms with Crippen molar-refractivity contribution in [3.05, 3.63) is 70.8 Å². The van der Waals surface area contributed by atoms with Crippen molar-refractivity contribution >= 4 is 43.6 Å². The molecule has 0 spiro atoms. The van der Waals surface area contributed by atoms with Crippen LogP contribution in [0.1, 0.15) is 5.56 Å². The van der Waals surface area contributed by atoms with E-state index < -0.39 is 10.0 Å². The molecule has 2 heterocycles. The van der Waals surface area contributed by atoms with Crippen molar-refractivity contribution in [2.24, 2.45) is 0 Å². The van der Waals surface area contributed by atoms with E-state index in [4.69, 9.17) is 11.6 Å². The first-order valence-corrected chi connectivity index (χ1v) is 10.5. The van der Waals surface area contributed by atoms with Gasteiger partial charge in [0, 0.05) is 34.0 Å². The first kappa shape index (κ1) is 17.1. The summed E-state index contributed by atoms with van der Waals surface area (Å²) in [6, 6.07) is 12.0. The van der Waals surface area contributed by atoms with Gasteiger partial charge in [-0.2, -0.15) is 0 Å². The van der Waals surface area contributed by atoms with Gasteiger partial charge in [0.05, 0.1) is 10.6 Å². The van der Waals surface area contributed by atoms with Gasteiger partial charge in [-0.25, -0.2) is 13.4 Å². The lowest BCUT2D eigenvalue weighted by Gasteiger charge is -2.11. The van der Waals surface area contributed by atoms with E-state index in [1.807, 2.05) is 28.2 Å². The van der Waals surface area contributed by atoms with E-state index in [1.54, 1.807) is 48.6 Å². The summed E-state index contributed by atoms with van der Waals surface area (Å²) in [4.78, 5) is 5.61. The van der Waals surface area contributed by atoms with Crippen LogP contribution >= 0.6 is 22.9 Å². The summed E-state index contributed by atoms with van der Waals surface area (Å²) >= 11 is 7.60. The Kier molecular flexibility index (Phi) is 4.22. The van der Waals surface area contributed by atoms with Gasteiger partial charge in [-0.05, 0) is 36.8 Å². The van der Waals surface area contributed by atoms with Crippen LogP contribution in [0.4, 0.5) is 5.69 Å².